The molecule has 2 rings (SSSR count). The molecule has 0 heterocycles. The first kappa shape index (κ1) is 18.4. The second kappa shape index (κ2) is 8.09. The number of phenolic OH excluding ortho intramolecular Hbond substituents is 1. The lowest BCUT2D eigenvalue weighted by Crippen LogP contribution is -1.92. The van der Waals surface area contributed by atoms with Crippen LogP contribution >= 0.6 is 31.9 Å². The van der Waals surface area contributed by atoms with E-state index in [1.807, 2.05) is 0 Å². The van der Waals surface area contributed by atoms with Gasteiger partial charge in [0.05, 0.1) is 11.1 Å². The zero-order chi connectivity index (χ0) is 16.9. The molecule has 0 aromatic heterocycles. The Morgan fingerprint density at radius 3 is 1.50 bits per heavy atom. The van der Waals surface area contributed by atoms with Crippen LogP contribution in [0, 0.1) is 17.5 Å². The molecule has 2 aromatic rings. The number of hydrogen-bond donors (Lipinski definition) is 1. The van der Waals surface area contributed by atoms with Gasteiger partial charge in [-0.05, 0) is 24.3 Å². The predicted molar refractivity (Wildman–Crippen MR) is 80.6 cm³/mol. The van der Waals surface area contributed by atoms with Crippen LogP contribution in [0.5, 0.6) is 5.75 Å². The first-order chi connectivity index (χ1) is 10.3. The highest BCUT2D eigenvalue weighted by Gasteiger charge is 2.08. The minimum Gasteiger partial charge on any atom is -0.507 e. The van der Waals surface area contributed by atoms with E-state index in [1.165, 1.54) is 6.07 Å². The Balaban J connectivity index is 0.000000220. The lowest BCUT2D eigenvalue weighted by Gasteiger charge is -1.98. The number of benzene rings is 2. The number of carbonyl (C=O) groups is 2. The van der Waals surface area contributed by atoms with E-state index in [1.54, 1.807) is 0 Å². The summed E-state index contributed by atoms with van der Waals surface area (Å²) in [5, 5.41) is 8.97. The molecule has 3 nitrogen and oxygen atoms in total. The van der Waals surface area contributed by atoms with E-state index in [0.29, 0.717) is 4.47 Å². The normalized spacial score (nSPS) is 9.68. The Kier molecular flexibility index (Phi) is 6.76. The lowest BCUT2D eigenvalue weighted by molar-refractivity contribution is 0.110. The molecule has 0 unspecified atom stereocenters. The highest BCUT2D eigenvalue weighted by Crippen LogP contribution is 2.23. The minimum absolute atomic E-state index is 0.150. The van der Waals surface area contributed by atoms with Crippen molar-refractivity contribution in [3.63, 3.8) is 0 Å². The lowest BCUT2D eigenvalue weighted by atomic mass is 10.2. The van der Waals surface area contributed by atoms with Gasteiger partial charge in [0.25, 0.3) is 0 Å². The summed E-state index contributed by atoms with van der Waals surface area (Å²) in [7, 11) is 0. The largest absolute Gasteiger partial charge is 0.507 e. The highest BCUT2D eigenvalue weighted by atomic mass is 79.9. The molecule has 0 aliphatic rings. The molecule has 0 aliphatic heterocycles. The predicted octanol–water partition coefficient (Wildman–Crippen LogP) is 4.65. The highest BCUT2D eigenvalue weighted by molar-refractivity contribution is 9.10. The standard InChI is InChI=1S/C7H3BrF2O.C7H4BrFO2/c8-4-1-6(9)5(3-11)7(10)2-4;8-4-1-6(9)5(3-10)7(11)2-4/h1-3H;1-3,11H. The molecule has 0 atom stereocenters. The zero-order valence-corrected chi connectivity index (χ0v) is 13.8. The van der Waals surface area contributed by atoms with Gasteiger partial charge >= 0.3 is 0 Å². The molecule has 0 bridgehead atoms. The first-order valence-corrected chi connectivity index (χ1v) is 7.11. The summed E-state index contributed by atoms with van der Waals surface area (Å²) in [6.07, 6.45) is 0.425. The fourth-order valence-corrected chi connectivity index (χ4v) is 2.17. The van der Waals surface area contributed by atoms with Crippen molar-refractivity contribution in [1.82, 2.24) is 0 Å². The molecule has 0 radical (unpaired) electrons. The molecule has 0 saturated carbocycles. The van der Waals surface area contributed by atoms with Crippen molar-refractivity contribution in [3.8, 4) is 5.75 Å². The van der Waals surface area contributed by atoms with Crippen molar-refractivity contribution in [2.24, 2.45) is 0 Å². The van der Waals surface area contributed by atoms with Gasteiger partial charge in [-0.1, -0.05) is 31.9 Å². The Bertz CT molecular complexity index is 613. The van der Waals surface area contributed by atoms with Crippen molar-refractivity contribution >= 4 is 44.4 Å². The second-order valence-electron chi connectivity index (χ2n) is 3.84. The number of aromatic hydroxyl groups is 1. The van der Waals surface area contributed by atoms with Crippen molar-refractivity contribution < 1.29 is 27.9 Å². The quantitative estimate of drug-likeness (QED) is 0.693. The summed E-state index contributed by atoms with van der Waals surface area (Å²) < 4.78 is 38.6. The summed E-state index contributed by atoms with van der Waals surface area (Å²) in [5.41, 5.74) is -0.846. The fraction of sp³-hybridized carbons (Fsp3) is 0. The van der Waals surface area contributed by atoms with Crippen LogP contribution in [0.15, 0.2) is 33.2 Å². The average Bonchev–Trinajstić information content (AvgIpc) is 2.38. The van der Waals surface area contributed by atoms with Crippen molar-refractivity contribution in [2.75, 3.05) is 0 Å². The Hall–Kier alpha value is -1.67. The molecule has 1 N–H and O–H groups in total. The van der Waals surface area contributed by atoms with Gasteiger partial charge in [-0.3, -0.25) is 9.59 Å². The van der Waals surface area contributed by atoms with Gasteiger partial charge < -0.3 is 5.11 Å². The molecule has 22 heavy (non-hydrogen) atoms. The van der Waals surface area contributed by atoms with Crippen molar-refractivity contribution in [2.45, 2.75) is 0 Å². The van der Waals surface area contributed by atoms with Crippen LogP contribution in [0.4, 0.5) is 13.2 Å². The van der Waals surface area contributed by atoms with E-state index >= 15 is 0 Å². The molecule has 0 saturated heterocycles. The maximum atomic E-state index is 12.7. The summed E-state index contributed by atoms with van der Waals surface area (Å²) in [4.78, 5) is 20.2. The third kappa shape index (κ3) is 4.67. The summed E-state index contributed by atoms with van der Waals surface area (Å²) in [5.74, 6) is -2.79. The number of phenols is 1. The van der Waals surface area contributed by atoms with E-state index in [0.717, 1.165) is 18.2 Å². The number of carbonyl (C=O) groups excluding carboxylic acids is 2. The summed E-state index contributed by atoms with van der Waals surface area (Å²) in [6.45, 7) is 0. The monoisotopic (exact) mass is 438 g/mol. The molecule has 116 valence electrons. The van der Waals surface area contributed by atoms with Crippen molar-refractivity contribution in [3.05, 3.63) is 61.8 Å². The van der Waals surface area contributed by atoms with Gasteiger partial charge in [-0.2, -0.15) is 0 Å². The Morgan fingerprint density at radius 2 is 1.14 bits per heavy atom. The Labute approximate surface area is 140 Å². The molecule has 0 amide bonds. The third-order valence-corrected chi connectivity index (χ3v) is 3.27. The Morgan fingerprint density at radius 1 is 0.773 bits per heavy atom. The van der Waals surface area contributed by atoms with E-state index in [9.17, 15) is 22.8 Å². The smallest absolute Gasteiger partial charge is 0.156 e. The van der Waals surface area contributed by atoms with Crippen LogP contribution in [0.1, 0.15) is 20.7 Å². The van der Waals surface area contributed by atoms with E-state index in [-0.39, 0.29) is 28.4 Å². The molecular formula is C14H7Br2F3O3. The number of aldehydes is 2. The SMILES string of the molecule is O=Cc1c(F)cc(Br)cc1F.O=Cc1c(O)cc(Br)cc1F. The van der Waals surface area contributed by atoms with Gasteiger partial charge in [-0.15, -0.1) is 0 Å². The molecule has 8 heteroatoms. The average molecular weight is 440 g/mol. The van der Waals surface area contributed by atoms with Crippen LogP contribution in [-0.2, 0) is 0 Å². The van der Waals surface area contributed by atoms with Gasteiger partial charge in [0.2, 0.25) is 0 Å². The van der Waals surface area contributed by atoms with Gasteiger partial charge in [0, 0.05) is 8.95 Å². The van der Waals surface area contributed by atoms with Crippen LogP contribution in [0.25, 0.3) is 0 Å². The fourth-order valence-electron chi connectivity index (χ4n) is 1.35. The molecule has 2 aromatic carbocycles. The van der Waals surface area contributed by atoms with Crippen LogP contribution in [0.3, 0.4) is 0 Å². The molecular weight excluding hydrogens is 433 g/mol. The summed E-state index contributed by atoms with van der Waals surface area (Å²) in [6, 6.07) is 4.44. The number of hydrogen-bond acceptors (Lipinski definition) is 3. The maximum absolute atomic E-state index is 12.7. The summed E-state index contributed by atoms with van der Waals surface area (Å²) >= 11 is 5.84. The minimum atomic E-state index is -0.855. The van der Waals surface area contributed by atoms with Gasteiger partial charge in [0.15, 0.2) is 12.6 Å². The zero-order valence-electron chi connectivity index (χ0n) is 10.6. The molecule has 0 fully saturated rings. The van der Waals surface area contributed by atoms with Crippen molar-refractivity contribution in [1.29, 1.82) is 0 Å². The third-order valence-electron chi connectivity index (χ3n) is 2.35. The second-order valence-corrected chi connectivity index (χ2v) is 5.67. The molecule has 0 aliphatic carbocycles. The number of rotatable bonds is 2. The topological polar surface area (TPSA) is 54.4 Å². The number of halogens is 5. The first-order valence-electron chi connectivity index (χ1n) is 5.53. The van der Waals surface area contributed by atoms with Crippen LogP contribution in [-0.4, -0.2) is 17.7 Å². The van der Waals surface area contributed by atoms with Gasteiger partial charge in [-0.25, -0.2) is 13.2 Å². The van der Waals surface area contributed by atoms with Gasteiger partial charge in [0.1, 0.15) is 23.2 Å². The van der Waals surface area contributed by atoms with Crippen LogP contribution < -0.4 is 0 Å². The molecule has 0 spiro atoms. The van der Waals surface area contributed by atoms with E-state index in [2.05, 4.69) is 31.9 Å². The van der Waals surface area contributed by atoms with E-state index in [4.69, 9.17) is 5.11 Å². The maximum Gasteiger partial charge on any atom is 0.156 e. The van der Waals surface area contributed by atoms with Crippen LogP contribution in [0.2, 0.25) is 0 Å². The van der Waals surface area contributed by atoms with E-state index < -0.39 is 23.0 Å².